The molecule has 0 radical (unpaired) electrons. The van der Waals surface area contributed by atoms with E-state index in [2.05, 4.69) is 18.4 Å². The maximum atomic E-state index is 3.89. The Hall–Kier alpha value is -0.300. The van der Waals surface area contributed by atoms with E-state index in [1.807, 2.05) is 0 Å². The highest BCUT2D eigenvalue weighted by Gasteiger charge is 2.09. The minimum absolute atomic E-state index is 1.18. The molecule has 0 saturated carbocycles. The molecule has 1 heteroatoms. The van der Waals surface area contributed by atoms with E-state index in [1.165, 1.54) is 44.5 Å². The lowest BCUT2D eigenvalue weighted by Gasteiger charge is -2.13. The number of nitrogens with zero attached hydrogens (tertiary/aromatic N) is 1. The molecule has 0 aliphatic carbocycles. The first-order valence-corrected chi connectivity index (χ1v) is 4.16. The smallest absolute Gasteiger partial charge is 0.00184 e. The molecule has 0 N–H and O–H groups in total. The van der Waals surface area contributed by atoms with E-state index in [4.69, 9.17) is 0 Å². The van der Waals surface area contributed by atoms with E-state index in [-0.39, 0.29) is 0 Å². The van der Waals surface area contributed by atoms with Crippen molar-refractivity contribution >= 4 is 0 Å². The van der Waals surface area contributed by atoms with Crippen LogP contribution in [-0.2, 0) is 0 Å². The van der Waals surface area contributed by atoms with Crippen LogP contribution in [0.3, 0.4) is 0 Å². The lowest BCUT2D eigenvalue weighted by atomic mass is 10.2. The largest absolute Gasteiger partial charge is 0.303 e. The highest BCUT2D eigenvalue weighted by atomic mass is 15.1. The lowest BCUT2D eigenvalue weighted by molar-refractivity contribution is 0.343. The zero-order chi connectivity index (χ0) is 7.40. The molecule has 58 valence electrons. The minimum atomic E-state index is 1.18. The fourth-order valence-electron chi connectivity index (χ4n) is 1.36. The molecule has 1 saturated heterocycles. The van der Waals surface area contributed by atoms with E-state index >= 15 is 0 Å². The first-order valence-electron chi connectivity index (χ1n) is 4.16. The van der Waals surface area contributed by atoms with Crippen molar-refractivity contribution in [3.05, 3.63) is 12.2 Å². The molecule has 1 aliphatic rings. The van der Waals surface area contributed by atoms with Crippen molar-refractivity contribution < 1.29 is 0 Å². The van der Waals surface area contributed by atoms with Crippen molar-refractivity contribution in [1.29, 1.82) is 0 Å². The molecule has 1 fully saturated rings. The fourth-order valence-corrected chi connectivity index (χ4v) is 1.36. The Balaban J connectivity index is 2.07. The summed E-state index contributed by atoms with van der Waals surface area (Å²) in [6.07, 6.45) is 3.98. The Morgan fingerprint density at radius 1 is 1.40 bits per heavy atom. The molecule has 0 aromatic heterocycles. The minimum Gasteiger partial charge on any atom is -0.303 e. The number of rotatable bonds is 3. The summed E-state index contributed by atoms with van der Waals surface area (Å²) in [5, 5.41) is 0. The summed E-state index contributed by atoms with van der Waals surface area (Å²) in [7, 11) is 0. The second-order valence-corrected chi connectivity index (χ2v) is 3.26. The second kappa shape index (κ2) is 3.77. The van der Waals surface area contributed by atoms with E-state index in [0.717, 1.165) is 0 Å². The maximum absolute atomic E-state index is 3.89. The van der Waals surface area contributed by atoms with Crippen molar-refractivity contribution in [3.8, 4) is 0 Å². The van der Waals surface area contributed by atoms with Gasteiger partial charge in [0.1, 0.15) is 0 Å². The lowest BCUT2D eigenvalue weighted by Crippen LogP contribution is -2.20. The van der Waals surface area contributed by atoms with Crippen LogP contribution in [0.5, 0.6) is 0 Å². The zero-order valence-electron chi connectivity index (χ0n) is 6.90. The fraction of sp³-hybridized carbons (Fsp3) is 0.778. The van der Waals surface area contributed by atoms with Crippen LogP contribution in [0, 0.1) is 0 Å². The molecular formula is C9H17N. The predicted molar refractivity (Wildman–Crippen MR) is 45.1 cm³/mol. The van der Waals surface area contributed by atoms with Gasteiger partial charge in [0, 0.05) is 6.54 Å². The molecule has 0 bridgehead atoms. The van der Waals surface area contributed by atoms with Crippen molar-refractivity contribution in [2.24, 2.45) is 0 Å². The standard InChI is InChI=1S/C9H17N/c1-9(2)5-8-10-6-3-4-7-10/h1,3-8H2,2H3. The summed E-state index contributed by atoms with van der Waals surface area (Å²) < 4.78 is 0. The third-order valence-electron chi connectivity index (χ3n) is 2.05. The van der Waals surface area contributed by atoms with Crippen molar-refractivity contribution in [2.75, 3.05) is 19.6 Å². The Morgan fingerprint density at radius 2 is 2.00 bits per heavy atom. The topological polar surface area (TPSA) is 3.24 Å². The van der Waals surface area contributed by atoms with E-state index in [1.54, 1.807) is 0 Å². The number of likely N-dealkylation sites (tertiary alicyclic amines) is 1. The monoisotopic (exact) mass is 139 g/mol. The van der Waals surface area contributed by atoms with Gasteiger partial charge in [-0.3, -0.25) is 0 Å². The third kappa shape index (κ3) is 2.53. The van der Waals surface area contributed by atoms with Crippen LogP contribution in [0.15, 0.2) is 12.2 Å². The highest BCUT2D eigenvalue weighted by molar-refractivity contribution is 4.89. The van der Waals surface area contributed by atoms with Crippen LogP contribution in [0.25, 0.3) is 0 Å². The first kappa shape index (κ1) is 7.80. The summed E-state index contributed by atoms with van der Waals surface area (Å²) in [4.78, 5) is 2.52. The van der Waals surface area contributed by atoms with Gasteiger partial charge >= 0.3 is 0 Å². The van der Waals surface area contributed by atoms with Crippen LogP contribution in [-0.4, -0.2) is 24.5 Å². The zero-order valence-corrected chi connectivity index (χ0v) is 6.90. The van der Waals surface area contributed by atoms with Crippen molar-refractivity contribution in [2.45, 2.75) is 26.2 Å². The summed E-state index contributed by atoms with van der Waals surface area (Å²) in [6.45, 7) is 9.85. The Bertz CT molecular complexity index is 112. The normalized spacial score (nSPS) is 19.7. The van der Waals surface area contributed by atoms with E-state index < -0.39 is 0 Å². The van der Waals surface area contributed by atoms with Gasteiger partial charge in [-0.2, -0.15) is 0 Å². The first-order chi connectivity index (χ1) is 4.79. The molecule has 1 nitrogen and oxygen atoms in total. The molecular weight excluding hydrogens is 122 g/mol. The molecule has 0 atom stereocenters. The summed E-state index contributed by atoms with van der Waals surface area (Å²) in [6, 6.07) is 0. The average Bonchev–Trinajstić information content (AvgIpc) is 2.34. The van der Waals surface area contributed by atoms with Gasteiger partial charge in [0.2, 0.25) is 0 Å². The van der Waals surface area contributed by atoms with Crippen molar-refractivity contribution in [3.63, 3.8) is 0 Å². The molecule has 1 aliphatic heterocycles. The van der Waals surface area contributed by atoms with Gasteiger partial charge in [0.15, 0.2) is 0 Å². The SMILES string of the molecule is C=C(C)CCN1CCCC1. The molecule has 0 amide bonds. The molecule has 1 heterocycles. The van der Waals surface area contributed by atoms with Crippen LogP contribution in [0.1, 0.15) is 26.2 Å². The number of hydrogen-bond acceptors (Lipinski definition) is 1. The maximum Gasteiger partial charge on any atom is 0.00184 e. The van der Waals surface area contributed by atoms with E-state index in [0.29, 0.717) is 0 Å². The predicted octanol–water partition coefficient (Wildman–Crippen LogP) is 2.05. The quantitative estimate of drug-likeness (QED) is 0.541. The molecule has 0 aromatic rings. The number of hydrogen-bond donors (Lipinski definition) is 0. The van der Waals surface area contributed by atoms with Gasteiger partial charge in [-0.1, -0.05) is 5.57 Å². The van der Waals surface area contributed by atoms with Gasteiger partial charge in [-0.15, -0.1) is 6.58 Å². The molecule has 10 heavy (non-hydrogen) atoms. The van der Waals surface area contributed by atoms with Gasteiger partial charge in [0.05, 0.1) is 0 Å². The van der Waals surface area contributed by atoms with Crippen LogP contribution in [0.4, 0.5) is 0 Å². The van der Waals surface area contributed by atoms with Crippen LogP contribution < -0.4 is 0 Å². The third-order valence-corrected chi connectivity index (χ3v) is 2.05. The molecule has 1 rings (SSSR count). The Labute approximate surface area is 63.7 Å². The average molecular weight is 139 g/mol. The summed E-state index contributed by atoms with van der Waals surface area (Å²) in [5.74, 6) is 0. The van der Waals surface area contributed by atoms with Gasteiger partial charge < -0.3 is 4.90 Å². The van der Waals surface area contributed by atoms with E-state index in [9.17, 15) is 0 Å². The second-order valence-electron chi connectivity index (χ2n) is 3.26. The van der Waals surface area contributed by atoms with Gasteiger partial charge in [0.25, 0.3) is 0 Å². The summed E-state index contributed by atoms with van der Waals surface area (Å²) >= 11 is 0. The van der Waals surface area contributed by atoms with Gasteiger partial charge in [-0.25, -0.2) is 0 Å². The summed E-state index contributed by atoms with van der Waals surface area (Å²) in [5.41, 5.74) is 1.31. The molecule has 0 unspecified atom stereocenters. The van der Waals surface area contributed by atoms with Crippen LogP contribution >= 0.6 is 0 Å². The Morgan fingerprint density at radius 3 is 2.50 bits per heavy atom. The van der Waals surface area contributed by atoms with Crippen LogP contribution in [0.2, 0.25) is 0 Å². The van der Waals surface area contributed by atoms with Crippen molar-refractivity contribution in [1.82, 2.24) is 4.90 Å². The molecule has 0 aromatic carbocycles. The molecule has 0 spiro atoms. The Kier molecular flexibility index (Phi) is 2.94. The highest BCUT2D eigenvalue weighted by Crippen LogP contribution is 2.08. The van der Waals surface area contributed by atoms with Gasteiger partial charge in [-0.05, 0) is 39.3 Å².